The smallest absolute Gasteiger partial charge is 0.279 e. The van der Waals surface area contributed by atoms with Crippen molar-refractivity contribution in [1.29, 1.82) is 0 Å². The van der Waals surface area contributed by atoms with E-state index in [1.807, 2.05) is 60.0 Å². The fraction of sp³-hybridized carbons (Fsp3) is 0.259. The largest absolute Gasteiger partial charge is 0.492 e. The molecule has 1 heterocycles. The van der Waals surface area contributed by atoms with Crippen LogP contribution in [0.1, 0.15) is 22.8 Å². The molecule has 194 valence electrons. The summed E-state index contributed by atoms with van der Waals surface area (Å²) in [6, 6.07) is 21.0. The van der Waals surface area contributed by atoms with Crippen LogP contribution in [-0.4, -0.2) is 50.6 Å². The van der Waals surface area contributed by atoms with Crippen LogP contribution < -0.4 is 9.54 Å². The molecule has 0 bridgehead atoms. The molecule has 0 atom stereocenters. The van der Waals surface area contributed by atoms with Crippen LogP contribution in [0, 0.1) is 0 Å². The predicted octanol–water partition coefficient (Wildman–Crippen LogP) is 4.31. The number of sulfonamides is 1. The highest BCUT2D eigenvalue weighted by Crippen LogP contribution is 2.28. The number of rotatable bonds is 10. The van der Waals surface area contributed by atoms with Gasteiger partial charge in [0.05, 0.1) is 22.8 Å². The highest BCUT2D eigenvalue weighted by molar-refractivity contribution is 7.89. The molecule has 0 N–H and O–H groups in total. The maximum absolute atomic E-state index is 13.1. The van der Waals surface area contributed by atoms with Gasteiger partial charge in [0.25, 0.3) is 5.91 Å². The first-order valence-electron chi connectivity index (χ1n) is 11.8. The van der Waals surface area contributed by atoms with E-state index in [0.29, 0.717) is 30.1 Å². The summed E-state index contributed by atoms with van der Waals surface area (Å²) in [5.41, 5.74) is 2.04. The Morgan fingerprint density at radius 1 is 1.03 bits per heavy atom. The van der Waals surface area contributed by atoms with Crippen molar-refractivity contribution in [3.05, 3.63) is 88.7 Å². The summed E-state index contributed by atoms with van der Waals surface area (Å²) >= 11 is 1.39. The molecule has 0 aliphatic rings. The van der Waals surface area contributed by atoms with E-state index >= 15 is 0 Å². The average Bonchev–Trinajstić information content (AvgIpc) is 3.25. The van der Waals surface area contributed by atoms with E-state index in [1.165, 1.54) is 47.0 Å². The number of benzene rings is 3. The number of carbonyl (C=O) groups excluding carboxylic acids is 1. The van der Waals surface area contributed by atoms with Gasteiger partial charge in [-0.2, -0.15) is 9.30 Å². The first kappa shape index (κ1) is 26.7. The number of nitrogens with zero attached hydrogens (tertiary/aromatic N) is 3. The quantitative estimate of drug-likeness (QED) is 0.300. The van der Waals surface area contributed by atoms with Crippen LogP contribution in [0.25, 0.3) is 10.2 Å². The molecule has 4 aromatic rings. The number of aromatic nitrogens is 1. The Morgan fingerprint density at radius 3 is 2.43 bits per heavy atom. The van der Waals surface area contributed by atoms with Crippen LogP contribution in [0.3, 0.4) is 0 Å². The van der Waals surface area contributed by atoms with E-state index in [1.54, 1.807) is 7.11 Å². The van der Waals surface area contributed by atoms with Gasteiger partial charge >= 0.3 is 0 Å². The van der Waals surface area contributed by atoms with Crippen molar-refractivity contribution in [3.8, 4) is 5.75 Å². The molecule has 0 unspecified atom stereocenters. The Balaban J connectivity index is 1.63. The van der Waals surface area contributed by atoms with Crippen molar-refractivity contribution in [2.24, 2.45) is 4.99 Å². The molecule has 3 aromatic carbocycles. The molecule has 10 heteroatoms. The molecular weight excluding hydrogens is 510 g/mol. The molecule has 0 aliphatic carbocycles. The molecule has 4 rings (SSSR count). The van der Waals surface area contributed by atoms with Crippen LogP contribution in [0.5, 0.6) is 5.75 Å². The molecule has 0 saturated heterocycles. The van der Waals surface area contributed by atoms with Crippen LogP contribution in [-0.2, 0) is 27.8 Å². The third-order valence-corrected chi connectivity index (χ3v) is 8.60. The lowest BCUT2D eigenvalue weighted by molar-refractivity contribution is 0.0997. The van der Waals surface area contributed by atoms with Crippen LogP contribution in [0.4, 0.5) is 0 Å². The summed E-state index contributed by atoms with van der Waals surface area (Å²) in [5.74, 6) is 0.257. The molecule has 37 heavy (non-hydrogen) atoms. The monoisotopic (exact) mass is 539 g/mol. The fourth-order valence-corrected chi connectivity index (χ4v) is 6.10. The van der Waals surface area contributed by atoms with Crippen LogP contribution in [0.15, 0.2) is 82.7 Å². The van der Waals surface area contributed by atoms with Gasteiger partial charge in [-0.1, -0.05) is 47.7 Å². The number of hydrogen-bond donors (Lipinski definition) is 0. The second kappa shape index (κ2) is 11.8. The minimum absolute atomic E-state index is 0.112. The van der Waals surface area contributed by atoms with Gasteiger partial charge < -0.3 is 14.0 Å². The zero-order valence-corrected chi connectivity index (χ0v) is 22.6. The zero-order chi connectivity index (χ0) is 26.4. The second-order valence-corrected chi connectivity index (χ2v) is 11.3. The van der Waals surface area contributed by atoms with E-state index in [-0.39, 0.29) is 11.4 Å². The zero-order valence-electron chi connectivity index (χ0n) is 21.0. The first-order valence-corrected chi connectivity index (χ1v) is 14.0. The number of para-hydroxylation sites is 1. The number of amides is 1. The number of methoxy groups -OCH3 is 1. The topological polar surface area (TPSA) is 90.2 Å². The SMILES string of the molecule is CCOc1cccc2sc(=NC(=O)c3ccc(S(=O)(=O)N(C)Cc4ccccc4)cc3)n(CCOC)c12. The van der Waals surface area contributed by atoms with Gasteiger partial charge in [-0.25, -0.2) is 8.42 Å². The second-order valence-electron chi connectivity index (χ2n) is 8.25. The third kappa shape index (κ3) is 5.99. The Labute approximate surface area is 220 Å². The van der Waals surface area contributed by atoms with Gasteiger partial charge in [-0.15, -0.1) is 0 Å². The molecule has 1 aromatic heterocycles. The third-order valence-electron chi connectivity index (χ3n) is 5.74. The normalized spacial score (nSPS) is 12.4. The molecular formula is C27H29N3O5S2. The van der Waals surface area contributed by atoms with E-state index in [2.05, 4.69) is 4.99 Å². The van der Waals surface area contributed by atoms with E-state index in [4.69, 9.17) is 9.47 Å². The lowest BCUT2D eigenvalue weighted by Crippen LogP contribution is -2.26. The lowest BCUT2D eigenvalue weighted by Gasteiger charge is -2.17. The van der Waals surface area contributed by atoms with Crippen molar-refractivity contribution >= 4 is 37.5 Å². The molecule has 1 amide bonds. The average molecular weight is 540 g/mol. The molecule has 0 radical (unpaired) electrons. The van der Waals surface area contributed by atoms with Crippen molar-refractivity contribution in [2.75, 3.05) is 27.4 Å². The number of fused-ring (bicyclic) bond motifs is 1. The minimum Gasteiger partial charge on any atom is -0.492 e. The standard InChI is InChI=1S/C27H29N3O5S2/c1-4-35-23-11-8-12-24-25(23)30(17-18-34-3)27(36-24)28-26(31)21-13-15-22(16-14-21)37(32,33)29(2)19-20-9-6-5-7-10-20/h5-16H,4,17-19H2,1-3H3. The summed E-state index contributed by atoms with van der Waals surface area (Å²) in [6.07, 6.45) is 0. The Hall–Kier alpha value is -3.31. The Bertz CT molecular complexity index is 1540. The molecule has 0 aliphatic heterocycles. The highest BCUT2D eigenvalue weighted by Gasteiger charge is 2.21. The fourth-order valence-electron chi connectivity index (χ4n) is 3.87. The summed E-state index contributed by atoms with van der Waals surface area (Å²) < 4.78 is 41.3. The summed E-state index contributed by atoms with van der Waals surface area (Å²) in [5, 5.41) is 0. The van der Waals surface area contributed by atoms with Gasteiger partial charge in [0.2, 0.25) is 10.0 Å². The van der Waals surface area contributed by atoms with E-state index in [9.17, 15) is 13.2 Å². The minimum atomic E-state index is -3.72. The van der Waals surface area contributed by atoms with Gasteiger partial charge in [0, 0.05) is 32.8 Å². The van der Waals surface area contributed by atoms with Crippen LogP contribution in [0.2, 0.25) is 0 Å². The summed E-state index contributed by atoms with van der Waals surface area (Å²) in [7, 11) is -0.568. The Morgan fingerprint density at radius 2 is 1.76 bits per heavy atom. The lowest BCUT2D eigenvalue weighted by atomic mass is 10.2. The van der Waals surface area contributed by atoms with Gasteiger partial charge in [-0.05, 0) is 48.9 Å². The van der Waals surface area contributed by atoms with Gasteiger partial charge in [0.1, 0.15) is 11.3 Å². The van der Waals surface area contributed by atoms with Crippen molar-refractivity contribution in [1.82, 2.24) is 8.87 Å². The van der Waals surface area contributed by atoms with Crippen molar-refractivity contribution in [2.45, 2.75) is 24.9 Å². The Kier molecular flexibility index (Phi) is 8.55. The van der Waals surface area contributed by atoms with E-state index < -0.39 is 15.9 Å². The first-order chi connectivity index (χ1) is 17.8. The van der Waals surface area contributed by atoms with Gasteiger partial charge in [0.15, 0.2) is 4.80 Å². The highest BCUT2D eigenvalue weighted by atomic mass is 32.2. The molecule has 8 nitrogen and oxygen atoms in total. The summed E-state index contributed by atoms with van der Waals surface area (Å²) in [6.45, 7) is 3.62. The van der Waals surface area contributed by atoms with Gasteiger partial charge in [-0.3, -0.25) is 4.79 Å². The molecule has 0 fully saturated rings. The van der Waals surface area contributed by atoms with Crippen molar-refractivity contribution in [3.63, 3.8) is 0 Å². The molecule has 0 spiro atoms. The maximum Gasteiger partial charge on any atom is 0.279 e. The van der Waals surface area contributed by atoms with Crippen LogP contribution >= 0.6 is 11.3 Å². The summed E-state index contributed by atoms with van der Waals surface area (Å²) in [4.78, 5) is 18.1. The number of hydrogen-bond acceptors (Lipinski definition) is 6. The number of thiazole rings is 1. The predicted molar refractivity (Wildman–Crippen MR) is 144 cm³/mol. The van der Waals surface area contributed by atoms with E-state index in [0.717, 1.165) is 21.5 Å². The number of ether oxygens (including phenoxy) is 2. The van der Waals surface area contributed by atoms with Crippen molar-refractivity contribution < 1.29 is 22.7 Å². The number of carbonyl (C=O) groups is 1. The molecule has 0 saturated carbocycles. The maximum atomic E-state index is 13.1.